The molecule has 1 aromatic carbocycles. The van der Waals surface area contributed by atoms with Crippen LogP contribution < -0.4 is 11.1 Å². The molecule has 1 aromatic rings. The molecule has 2 rings (SSSR count). The molecule has 3 nitrogen and oxygen atoms in total. The molecule has 1 aliphatic rings. The molecule has 6 heteroatoms. The Balaban J connectivity index is 2.46. The van der Waals surface area contributed by atoms with E-state index in [2.05, 4.69) is 10.3 Å². The smallest absolute Gasteiger partial charge is 0.235 e. The highest BCUT2D eigenvalue weighted by molar-refractivity contribution is 6.43. The number of aliphatic imine (C=N–C) groups is 1. The number of alkyl halides is 1. The summed E-state index contributed by atoms with van der Waals surface area (Å²) < 4.78 is 0. The second-order valence-corrected chi connectivity index (χ2v) is 4.60. The number of hydrogen-bond acceptors (Lipinski definition) is 3. The summed E-state index contributed by atoms with van der Waals surface area (Å²) in [5, 5.41) is 2.49. The van der Waals surface area contributed by atoms with Crippen molar-refractivity contribution in [3.05, 3.63) is 46.1 Å². The fourth-order valence-electron chi connectivity index (χ4n) is 1.35. The third kappa shape index (κ3) is 1.98. The fourth-order valence-corrected chi connectivity index (χ4v) is 2.08. The Bertz CT molecular complexity index is 484. The number of rotatable bonds is 1. The van der Waals surface area contributed by atoms with Crippen LogP contribution in [0.2, 0.25) is 5.02 Å². The molecule has 0 aliphatic carbocycles. The molecule has 0 amide bonds. The minimum absolute atomic E-state index is 0.176. The molecule has 16 heavy (non-hydrogen) atoms. The van der Waals surface area contributed by atoms with Crippen molar-refractivity contribution in [3.8, 4) is 0 Å². The van der Waals surface area contributed by atoms with Gasteiger partial charge in [0.25, 0.3) is 0 Å². The average molecular weight is 277 g/mol. The van der Waals surface area contributed by atoms with E-state index in [0.717, 1.165) is 0 Å². The lowest BCUT2D eigenvalue weighted by Gasteiger charge is -2.28. The second kappa shape index (κ2) is 4.17. The van der Waals surface area contributed by atoms with Crippen LogP contribution in [0.25, 0.3) is 0 Å². The minimum Gasteiger partial charge on any atom is -0.383 e. The number of nitrogens with two attached hydrogens (primary N) is 1. The van der Waals surface area contributed by atoms with Gasteiger partial charge in [0.2, 0.25) is 5.12 Å². The van der Waals surface area contributed by atoms with Gasteiger partial charge >= 0.3 is 0 Å². The normalized spacial score (nSPS) is 24.4. The highest BCUT2D eigenvalue weighted by Gasteiger charge is 2.33. The van der Waals surface area contributed by atoms with Gasteiger partial charge in [-0.15, -0.1) is 0 Å². The van der Waals surface area contributed by atoms with Crippen molar-refractivity contribution in [2.45, 2.75) is 5.12 Å². The zero-order chi connectivity index (χ0) is 11.8. The van der Waals surface area contributed by atoms with Gasteiger partial charge in [0.15, 0.2) is 0 Å². The molecular weight excluding hydrogens is 268 g/mol. The maximum Gasteiger partial charge on any atom is 0.235 e. The van der Waals surface area contributed by atoms with E-state index in [1.54, 1.807) is 12.1 Å². The van der Waals surface area contributed by atoms with Gasteiger partial charge in [-0.2, -0.15) is 0 Å². The van der Waals surface area contributed by atoms with E-state index in [-0.39, 0.29) is 5.84 Å². The van der Waals surface area contributed by atoms with Gasteiger partial charge in [-0.3, -0.25) is 0 Å². The van der Waals surface area contributed by atoms with Gasteiger partial charge in [-0.1, -0.05) is 53.0 Å². The molecule has 3 N–H and O–H groups in total. The number of nitrogens with one attached hydrogen (secondary N) is 1. The summed E-state index contributed by atoms with van der Waals surface area (Å²) in [5.41, 5.74) is 6.25. The lowest BCUT2D eigenvalue weighted by molar-refractivity contribution is 0.568. The quantitative estimate of drug-likeness (QED) is 0.612. The lowest BCUT2D eigenvalue weighted by Crippen LogP contribution is -2.38. The van der Waals surface area contributed by atoms with Crippen LogP contribution in [0, 0.1) is 0 Å². The molecule has 0 saturated heterocycles. The first-order valence-electron chi connectivity index (χ1n) is 4.46. The Morgan fingerprint density at radius 1 is 1.25 bits per heavy atom. The van der Waals surface area contributed by atoms with E-state index in [0.29, 0.717) is 15.6 Å². The first-order valence-corrected chi connectivity index (χ1v) is 5.59. The van der Waals surface area contributed by atoms with Gasteiger partial charge in [0, 0.05) is 16.8 Å². The van der Waals surface area contributed by atoms with E-state index in [9.17, 15) is 0 Å². The number of halogens is 3. The first kappa shape index (κ1) is 11.6. The summed E-state index contributed by atoms with van der Waals surface area (Å²) in [4.78, 5) is 4.09. The van der Waals surface area contributed by atoms with Gasteiger partial charge in [-0.25, -0.2) is 4.99 Å². The first-order chi connectivity index (χ1) is 7.53. The van der Waals surface area contributed by atoms with Crippen LogP contribution >= 0.6 is 34.8 Å². The van der Waals surface area contributed by atoms with Crippen LogP contribution in [0.15, 0.2) is 40.5 Å². The van der Waals surface area contributed by atoms with Crippen molar-refractivity contribution in [2.75, 3.05) is 0 Å². The maximum absolute atomic E-state index is 6.30. The summed E-state index contributed by atoms with van der Waals surface area (Å²) in [6, 6.07) is 7.13. The van der Waals surface area contributed by atoms with Crippen molar-refractivity contribution >= 4 is 40.6 Å². The van der Waals surface area contributed by atoms with E-state index in [1.165, 1.54) is 6.20 Å². The zero-order valence-electron chi connectivity index (χ0n) is 8.05. The van der Waals surface area contributed by atoms with Crippen LogP contribution in [-0.2, 0) is 5.12 Å². The molecule has 1 atom stereocenters. The van der Waals surface area contributed by atoms with Crippen molar-refractivity contribution < 1.29 is 0 Å². The summed E-state index contributed by atoms with van der Waals surface area (Å²) >= 11 is 18.1. The molecule has 1 unspecified atom stereocenters. The summed E-state index contributed by atoms with van der Waals surface area (Å²) in [6.07, 6.45) is 1.50. The number of nitrogens with zero attached hydrogens (tertiary/aromatic N) is 1. The average Bonchev–Trinajstić information content (AvgIpc) is 2.25. The molecule has 0 aromatic heterocycles. The zero-order valence-corrected chi connectivity index (χ0v) is 10.3. The lowest BCUT2D eigenvalue weighted by atomic mass is 10.1. The second-order valence-electron chi connectivity index (χ2n) is 3.24. The van der Waals surface area contributed by atoms with Crippen molar-refractivity contribution in [1.29, 1.82) is 0 Å². The van der Waals surface area contributed by atoms with Crippen LogP contribution in [0.5, 0.6) is 0 Å². The van der Waals surface area contributed by atoms with E-state index < -0.39 is 5.12 Å². The monoisotopic (exact) mass is 275 g/mol. The van der Waals surface area contributed by atoms with Crippen LogP contribution in [0.4, 0.5) is 0 Å². The number of amidine groups is 1. The molecule has 1 heterocycles. The highest BCUT2D eigenvalue weighted by atomic mass is 35.5. The van der Waals surface area contributed by atoms with Gasteiger partial charge in [-0.05, 0) is 6.07 Å². The van der Waals surface area contributed by atoms with E-state index in [1.807, 2.05) is 12.1 Å². The summed E-state index contributed by atoms with van der Waals surface area (Å²) in [6.45, 7) is 0. The Hall–Kier alpha value is -0.900. The number of benzene rings is 1. The topological polar surface area (TPSA) is 50.4 Å². The molecular formula is C10H8Cl3N3. The predicted molar refractivity (Wildman–Crippen MR) is 67.7 cm³/mol. The Labute approximate surface area is 108 Å². The number of hydrogen-bond donors (Lipinski definition) is 2. The maximum atomic E-state index is 6.30. The molecule has 0 bridgehead atoms. The summed E-state index contributed by atoms with van der Waals surface area (Å²) in [7, 11) is 0. The molecule has 1 aliphatic heterocycles. The highest BCUT2D eigenvalue weighted by Crippen LogP contribution is 2.35. The van der Waals surface area contributed by atoms with Crippen molar-refractivity contribution in [2.24, 2.45) is 10.7 Å². The largest absolute Gasteiger partial charge is 0.383 e. The molecule has 84 valence electrons. The van der Waals surface area contributed by atoms with Gasteiger partial charge < -0.3 is 11.1 Å². The Kier molecular flexibility index (Phi) is 3.02. The Morgan fingerprint density at radius 2 is 1.94 bits per heavy atom. The van der Waals surface area contributed by atoms with Crippen molar-refractivity contribution in [3.63, 3.8) is 0 Å². The van der Waals surface area contributed by atoms with Crippen molar-refractivity contribution in [1.82, 2.24) is 5.32 Å². The minimum atomic E-state index is -1.19. The van der Waals surface area contributed by atoms with Crippen LogP contribution in [0.1, 0.15) is 5.56 Å². The van der Waals surface area contributed by atoms with E-state index in [4.69, 9.17) is 40.5 Å². The van der Waals surface area contributed by atoms with Gasteiger partial charge in [0.1, 0.15) is 5.84 Å². The standard InChI is InChI=1S/C10H8Cl3N3/c11-7-4-2-1-3-6(7)10(13)15-5-8(12)9(14)16-10/h1-5,15H,(H2,14,16). The molecule has 0 saturated carbocycles. The van der Waals surface area contributed by atoms with E-state index >= 15 is 0 Å². The third-order valence-electron chi connectivity index (χ3n) is 2.14. The predicted octanol–water partition coefficient (Wildman–Crippen LogP) is 2.73. The fraction of sp³-hybridized carbons (Fsp3) is 0.100. The molecule has 0 spiro atoms. The summed E-state index contributed by atoms with van der Waals surface area (Å²) in [5.74, 6) is 0.176. The SMILES string of the molecule is NC1=NC(Cl)(c2ccccc2Cl)NC=C1Cl. The molecule has 0 fully saturated rings. The Morgan fingerprint density at radius 3 is 2.56 bits per heavy atom. The van der Waals surface area contributed by atoms with Crippen LogP contribution in [-0.4, -0.2) is 5.84 Å². The molecule has 0 radical (unpaired) electrons. The van der Waals surface area contributed by atoms with Crippen LogP contribution in [0.3, 0.4) is 0 Å². The third-order valence-corrected chi connectivity index (χ3v) is 3.17. The van der Waals surface area contributed by atoms with Gasteiger partial charge in [0.05, 0.1) is 5.03 Å².